The number of hydrogen-bond acceptors (Lipinski definition) is 15. The lowest BCUT2D eigenvalue weighted by molar-refractivity contribution is 0.0851. The highest BCUT2D eigenvalue weighted by Gasteiger charge is 2.38. The predicted octanol–water partition coefficient (Wildman–Crippen LogP) is 10.4. The Kier molecular flexibility index (Phi) is 25.9. The minimum atomic E-state index is -1.06. The highest BCUT2D eigenvalue weighted by atomic mass is 16.5. The Morgan fingerprint density at radius 2 is 0.870 bits per heavy atom. The van der Waals surface area contributed by atoms with Crippen molar-refractivity contribution in [3.63, 3.8) is 0 Å². The second-order valence-electron chi connectivity index (χ2n) is 32.6. The minimum Gasteiger partial charge on any atom is -0.538 e. The Morgan fingerprint density at radius 1 is 0.400 bits per heavy atom. The molecular formula is C79H100B6O15. The number of Topliss-reactive ketones (excluding diaryl/α,β-unsaturated/α-hetero) is 6. The number of carbonyl (C=O) groups is 6. The summed E-state index contributed by atoms with van der Waals surface area (Å²) in [6, 6.07) is 33.7. The molecule has 0 atom stereocenters. The summed E-state index contributed by atoms with van der Waals surface area (Å²) in [7, 11) is -2.99. The number of fused-ring (bicyclic) bond motifs is 6. The zero-order valence-corrected chi connectivity index (χ0v) is 62.1. The third-order valence-electron chi connectivity index (χ3n) is 18.0. The monoisotopic (exact) mass is 1350 g/mol. The van der Waals surface area contributed by atoms with E-state index < -0.39 is 51.4 Å². The zero-order valence-electron chi connectivity index (χ0n) is 62.1. The van der Waals surface area contributed by atoms with Gasteiger partial charge < -0.3 is 43.7 Å². The number of allylic oxidation sites excluding steroid dienone is 1. The number of ketones is 6. The van der Waals surface area contributed by atoms with E-state index in [9.17, 15) is 53.9 Å². The lowest BCUT2D eigenvalue weighted by Gasteiger charge is -2.24. The average Bonchev–Trinajstić information content (AvgIpc) is 1.30. The summed E-state index contributed by atoms with van der Waals surface area (Å²) >= 11 is 0. The SMILES string of the molecule is CB1OCc2c1cccc2C(=O)C(C)(C)C.CC(C)(C)C(=O)c1ccc2c(c1)B(O)CC=C2.CC(C)(C)C(=O)c1ccc2c(c1)B(O)CCC2.CC(C)(C)C(=O)c1cccc2c1B(O)OC2.CC(C)(C)C(=O)c1cccc2c1B(O)OC=C2.CC(C)(C)C(=O)c1cccc2c1B(O)OCC2. The zero-order chi connectivity index (χ0) is 74.4. The summed E-state index contributed by atoms with van der Waals surface area (Å²) in [4.78, 5) is 73.4. The molecule has 0 amide bonds. The van der Waals surface area contributed by atoms with Crippen molar-refractivity contribution in [3.8, 4) is 0 Å². The van der Waals surface area contributed by atoms with Crippen LogP contribution in [0.5, 0.6) is 0 Å². The van der Waals surface area contributed by atoms with Crippen LogP contribution in [0, 0.1) is 32.5 Å². The van der Waals surface area contributed by atoms with Crippen LogP contribution >= 0.6 is 0 Å². The summed E-state index contributed by atoms with van der Waals surface area (Å²) in [6.45, 7) is 36.9. The van der Waals surface area contributed by atoms with Gasteiger partial charge in [0.25, 0.3) is 0 Å². The standard InChI is InChI=1S/C14H19BO2.C14H17BO2.C13H17BO3.C13H15BO3.C13H17BO2.C12H15BO3/c2*1-14(2,3)13(16)11-7-6-10-5-4-8-15(17)12(10)9-11;2*1-13(2,3)12(15)10-6-4-5-9-7-8-17-14(16)11(9)10;1-13(2,3)12(15)9-6-5-7-11-10(9)8-16-14(11)4;1-12(2,3)11(14)9-6-4-5-8-7-16-13(15)10(8)9/h6-7,9,17H,4-5,8H2,1-3H3;4-7,9,17H,8H2,1-3H3;4-6,16H,7-8H2,1-3H3;4-8,16H,1-3H3;5-7H,8H2,1-4H3;4-6,15H,7H2,1-3H3. The molecule has 12 rings (SSSR count). The van der Waals surface area contributed by atoms with Gasteiger partial charge in [-0.25, -0.2) is 0 Å². The molecule has 6 aromatic rings. The van der Waals surface area contributed by atoms with Gasteiger partial charge in [-0.3, -0.25) is 28.8 Å². The maximum absolute atomic E-state index is 12.3. The predicted molar refractivity (Wildman–Crippen MR) is 407 cm³/mol. The van der Waals surface area contributed by atoms with E-state index in [1.54, 1.807) is 24.3 Å². The number of benzene rings is 6. The van der Waals surface area contributed by atoms with Crippen LogP contribution in [-0.4, -0.2) is 109 Å². The lowest BCUT2D eigenvalue weighted by atomic mass is 9.53. The summed E-state index contributed by atoms with van der Waals surface area (Å²) in [5.41, 5.74) is 12.3. The van der Waals surface area contributed by atoms with Gasteiger partial charge in [0.15, 0.2) is 34.7 Å². The van der Waals surface area contributed by atoms with Gasteiger partial charge in [0.2, 0.25) is 0 Å². The highest BCUT2D eigenvalue weighted by molar-refractivity contribution is 6.69. The molecule has 0 unspecified atom stereocenters. The molecule has 524 valence electrons. The quantitative estimate of drug-likeness (QED) is 0.0770. The Labute approximate surface area is 595 Å². The maximum Gasteiger partial charge on any atom is 0.561 e. The van der Waals surface area contributed by atoms with Crippen molar-refractivity contribution in [2.24, 2.45) is 32.5 Å². The van der Waals surface area contributed by atoms with Crippen LogP contribution in [0.15, 0.2) is 122 Å². The molecule has 6 aromatic carbocycles. The maximum atomic E-state index is 12.3. The summed E-state index contributed by atoms with van der Waals surface area (Å²) in [5.74, 6) is 0.530. The van der Waals surface area contributed by atoms with Gasteiger partial charge >= 0.3 is 42.1 Å². The molecule has 6 heterocycles. The average molecular weight is 1350 g/mol. The molecule has 5 N–H and O–H groups in total. The molecule has 0 fully saturated rings. The molecule has 0 aromatic heterocycles. The molecule has 0 saturated carbocycles. The van der Waals surface area contributed by atoms with E-state index >= 15 is 0 Å². The molecule has 0 saturated heterocycles. The number of rotatable bonds is 6. The normalized spacial score (nSPS) is 15.1. The van der Waals surface area contributed by atoms with Crippen molar-refractivity contribution in [2.45, 2.75) is 177 Å². The Balaban J connectivity index is 0.000000169. The van der Waals surface area contributed by atoms with Crippen molar-refractivity contribution in [3.05, 3.63) is 188 Å². The topological polar surface area (TPSA) is 240 Å². The minimum absolute atomic E-state index is 0.00676. The van der Waals surface area contributed by atoms with Crippen molar-refractivity contribution in [2.75, 3.05) is 6.61 Å². The van der Waals surface area contributed by atoms with Crippen molar-refractivity contribution >= 4 is 122 Å². The fourth-order valence-corrected chi connectivity index (χ4v) is 12.3. The Hall–Kier alpha value is -7.31. The van der Waals surface area contributed by atoms with E-state index in [0.29, 0.717) is 64.8 Å². The first kappa shape index (κ1) is 80.0. The van der Waals surface area contributed by atoms with Crippen LogP contribution in [0.2, 0.25) is 19.5 Å². The van der Waals surface area contributed by atoms with E-state index in [-0.39, 0.29) is 57.9 Å². The van der Waals surface area contributed by atoms with Gasteiger partial charge in [-0.2, -0.15) is 0 Å². The number of carbonyl (C=O) groups excluding carboxylic acids is 6. The van der Waals surface area contributed by atoms with Crippen LogP contribution in [0.4, 0.5) is 0 Å². The fourth-order valence-electron chi connectivity index (χ4n) is 12.3. The second-order valence-corrected chi connectivity index (χ2v) is 32.6. The highest BCUT2D eigenvalue weighted by Crippen LogP contribution is 2.29. The van der Waals surface area contributed by atoms with E-state index in [1.165, 1.54) is 11.8 Å². The largest absolute Gasteiger partial charge is 0.561 e. The van der Waals surface area contributed by atoms with Crippen LogP contribution < -0.4 is 32.8 Å². The summed E-state index contributed by atoms with van der Waals surface area (Å²) in [5, 5.41) is 49.3. The number of aryl methyl sites for hydroxylation is 1. The van der Waals surface area contributed by atoms with Crippen LogP contribution in [0.3, 0.4) is 0 Å². The van der Waals surface area contributed by atoms with Gasteiger partial charge in [-0.1, -0.05) is 265 Å². The van der Waals surface area contributed by atoms with Gasteiger partial charge in [-0.05, 0) is 86.7 Å². The van der Waals surface area contributed by atoms with Gasteiger partial charge in [-0.15, -0.1) is 0 Å². The first-order valence-corrected chi connectivity index (χ1v) is 34.7. The molecule has 0 radical (unpaired) electrons. The summed E-state index contributed by atoms with van der Waals surface area (Å²) in [6.07, 6.45) is 11.4. The third kappa shape index (κ3) is 19.6. The molecule has 15 nitrogen and oxygen atoms in total. The molecule has 6 aliphatic heterocycles. The fraction of sp³-hybridized carbons (Fsp3) is 0.418. The smallest absolute Gasteiger partial charge is 0.538 e. The first-order valence-electron chi connectivity index (χ1n) is 34.7. The second kappa shape index (κ2) is 32.3. The van der Waals surface area contributed by atoms with E-state index in [1.807, 2.05) is 235 Å². The molecule has 6 aliphatic rings. The van der Waals surface area contributed by atoms with E-state index in [0.717, 1.165) is 80.9 Å². The van der Waals surface area contributed by atoms with E-state index in [4.69, 9.17) is 18.6 Å². The first-order chi connectivity index (χ1) is 46.4. The van der Waals surface area contributed by atoms with Crippen LogP contribution in [0.1, 0.15) is 227 Å². The third-order valence-corrected chi connectivity index (χ3v) is 18.0. The van der Waals surface area contributed by atoms with Crippen molar-refractivity contribution < 1.29 is 72.5 Å². The van der Waals surface area contributed by atoms with Gasteiger partial charge in [0.1, 0.15) is 0 Å². The van der Waals surface area contributed by atoms with Crippen LogP contribution in [0.25, 0.3) is 12.2 Å². The van der Waals surface area contributed by atoms with Crippen molar-refractivity contribution in [1.29, 1.82) is 0 Å². The lowest BCUT2D eigenvalue weighted by Crippen LogP contribution is -2.45. The molecular weight excluding hydrogens is 1250 g/mol. The van der Waals surface area contributed by atoms with Gasteiger partial charge in [0, 0.05) is 77.9 Å². The Bertz CT molecular complexity index is 4080. The molecule has 0 aliphatic carbocycles. The Morgan fingerprint density at radius 3 is 1.43 bits per heavy atom. The number of hydrogen-bond donors (Lipinski definition) is 5. The van der Waals surface area contributed by atoms with Gasteiger partial charge in [0.05, 0.1) is 19.5 Å². The van der Waals surface area contributed by atoms with Crippen LogP contribution in [-0.2, 0) is 44.7 Å². The van der Waals surface area contributed by atoms with E-state index in [2.05, 4.69) is 0 Å². The summed E-state index contributed by atoms with van der Waals surface area (Å²) < 4.78 is 20.9. The molecule has 0 spiro atoms. The molecule has 100 heavy (non-hydrogen) atoms. The molecule has 0 bridgehead atoms. The van der Waals surface area contributed by atoms with Crippen molar-refractivity contribution in [1.82, 2.24) is 0 Å². The molecule has 21 heteroatoms.